The summed E-state index contributed by atoms with van der Waals surface area (Å²) in [4.78, 5) is 2.97. The summed E-state index contributed by atoms with van der Waals surface area (Å²) in [5, 5.41) is 11.9. The van der Waals surface area contributed by atoms with Gasteiger partial charge in [0.1, 0.15) is 0 Å². The van der Waals surface area contributed by atoms with Crippen LogP contribution in [0.25, 0.3) is 4.98 Å². The average Bonchev–Trinajstić information content (AvgIpc) is 2.12. The summed E-state index contributed by atoms with van der Waals surface area (Å²) >= 11 is 0. The van der Waals surface area contributed by atoms with Gasteiger partial charge in [-0.05, 0) is 6.92 Å². The van der Waals surface area contributed by atoms with Crippen LogP contribution in [-0.2, 0) is 0 Å². The molecule has 0 amide bonds. The zero-order valence-corrected chi connectivity index (χ0v) is 5.25. The van der Waals surface area contributed by atoms with Gasteiger partial charge in [0.25, 0.3) is 0 Å². The van der Waals surface area contributed by atoms with E-state index in [1.165, 1.54) is 0 Å². The van der Waals surface area contributed by atoms with E-state index in [0.29, 0.717) is 17.1 Å². The second-order valence-corrected chi connectivity index (χ2v) is 1.77. The molecule has 0 aromatic carbocycles. The van der Waals surface area contributed by atoms with Gasteiger partial charge in [-0.2, -0.15) is 0 Å². The maximum Gasteiger partial charge on any atom is 0.449 e. The molecule has 0 bridgehead atoms. The van der Waals surface area contributed by atoms with Crippen LogP contribution in [0.3, 0.4) is 0 Å². The number of rotatable bonds is 0. The standard InChI is InChI=1S/C5H6N3O/c1-3-5(7-6)4(2)9-8-3/h1-2H3/q+1. The molecule has 0 radical (unpaired) electrons. The lowest BCUT2D eigenvalue weighted by Gasteiger charge is -1.63. The van der Waals surface area contributed by atoms with Gasteiger partial charge in [0.15, 0.2) is 10.7 Å². The number of hydrogen-bond acceptors (Lipinski definition) is 3. The summed E-state index contributed by atoms with van der Waals surface area (Å²) in [5.74, 6) is 0.537. The topological polar surface area (TPSA) is 54.2 Å². The van der Waals surface area contributed by atoms with Crippen LogP contribution < -0.4 is 0 Å². The number of diazo groups is 1. The molecule has 46 valence electrons. The maximum absolute atomic E-state index is 8.31. The molecule has 0 atom stereocenters. The van der Waals surface area contributed by atoms with Crippen LogP contribution in [0.1, 0.15) is 11.5 Å². The largest absolute Gasteiger partial charge is 0.449 e. The minimum absolute atomic E-state index is 0.426. The highest BCUT2D eigenvalue weighted by atomic mass is 16.5. The molecule has 0 saturated heterocycles. The third-order valence-corrected chi connectivity index (χ3v) is 1.10. The van der Waals surface area contributed by atoms with Gasteiger partial charge in [-0.15, -0.1) is 0 Å². The predicted molar refractivity (Wildman–Crippen MR) is 30.7 cm³/mol. The second kappa shape index (κ2) is 1.86. The number of aromatic nitrogens is 1. The molecule has 0 spiro atoms. The van der Waals surface area contributed by atoms with E-state index in [0.717, 1.165) is 0 Å². The van der Waals surface area contributed by atoms with Gasteiger partial charge in [0.2, 0.25) is 11.2 Å². The number of nitrogens with zero attached hydrogens (tertiary/aromatic N) is 3. The van der Waals surface area contributed by atoms with Crippen molar-refractivity contribution in [1.29, 1.82) is 5.39 Å². The third-order valence-electron chi connectivity index (χ3n) is 1.10. The molecule has 0 N–H and O–H groups in total. The van der Waals surface area contributed by atoms with Crippen LogP contribution in [0.15, 0.2) is 4.52 Å². The summed E-state index contributed by atoms with van der Waals surface area (Å²) in [6.07, 6.45) is 0. The van der Waals surface area contributed by atoms with Crippen LogP contribution in [-0.4, -0.2) is 5.16 Å². The lowest BCUT2D eigenvalue weighted by molar-refractivity contribution is 0.394. The highest BCUT2D eigenvalue weighted by Crippen LogP contribution is 2.21. The minimum Gasteiger partial charge on any atom is -0.353 e. The predicted octanol–water partition coefficient (Wildman–Crippen LogP) is 1.78. The molecular weight excluding hydrogens is 118 g/mol. The Kier molecular flexibility index (Phi) is 1.19. The van der Waals surface area contributed by atoms with E-state index in [4.69, 9.17) is 5.39 Å². The van der Waals surface area contributed by atoms with Crippen molar-refractivity contribution in [3.8, 4) is 0 Å². The minimum atomic E-state index is 0.426. The monoisotopic (exact) mass is 124 g/mol. The first kappa shape index (κ1) is 5.76. The fraction of sp³-hybridized carbons (Fsp3) is 0.400. The molecule has 0 saturated carbocycles. The van der Waals surface area contributed by atoms with Gasteiger partial charge in [-0.25, -0.2) is 0 Å². The van der Waals surface area contributed by atoms with E-state index >= 15 is 0 Å². The highest BCUT2D eigenvalue weighted by molar-refractivity contribution is 5.49. The second-order valence-electron chi connectivity index (χ2n) is 1.77. The van der Waals surface area contributed by atoms with Gasteiger partial charge in [0.05, 0.1) is 0 Å². The summed E-state index contributed by atoms with van der Waals surface area (Å²) < 4.78 is 4.68. The SMILES string of the molecule is Cc1noc(C)c1[N+]#N. The molecule has 0 aliphatic heterocycles. The Morgan fingerprint density at radius 3 is 2.44 bits per heavy atom. The van der Waals surface area contributed by atoms with Crippen molar-refractivity contribution in [2.24, 2.45) is 0 Å². The lowest BCUT2D eigenvalue weighted by atomic mass is 10.3. The summed E-state index contributed by atoms with van der Waals surface area (Å²) in [7, 11) is 0. The summed E-state index contributed by atoms with van der Waals surface area (Å²) in [6, 6.07) is 0. The van der Waals surface area contributed by atoms with Gasteiger partial charge in [0, 0.05) is 6.92 Å². The first-order valence-electron chi connectivity index (χ1n) is 2.53. The molecule has 0 fully saturated rings. The fourth-order valence-electron chi connectivity index (χ4n) is 0.621. The van der Waals surface area contributed by atoms with Gasteiger partial charge >= 0.3 is 5.69 Å². The van der Waals surface area contributed by atoms with Crippen molar-refractivity contribution < 1.29 is 4.52 Å². The quantitative estimate of drug-likeness (QED) is 0.495. The smallest absolute Gasteiger partial charge is 0.353 e. The molecule has 1 heterocycles. The van der Waals surface area contributed by atoms with Crippen LogP contribution in [0.5, 0.6) is 0 Å². The zero-order valence-electron chi connectivity index (χ0n) is 5.25. The Balaban J connectivity index is 3.27. The van der Waals surface area contributed by atoms with E-state index in [9.17, 15) is 0 Å². The molecule has 1 aromatic rings. The number of aryl methyl sites for hydroxylation is 2. The number of hydrogen-bond donors (Lipinski definition) is 0. The van der Waals surface area contributed by atoms with Crippen molar-refractivity contribution >= 4 is 5.69 Å². The Labute approximate surface area is 52.1 Å². The molecule has 0 aliphatic carbocycles. The van der Waals surface area contributed by atoms with E-state index in [1.807, 2.05) is 0 Å². The molecule has 1 rings (SSSR count). The van der Waals surface area contributed by atoms with Gasteiger partial charge in [-0.3, -0.25) is 0 Å². The summed E-state index contributed by atoms with van der Waals surface area (Å²) in [5.41, 5.74) is 1.03. The molecule has 4 nitrogen and oxygen atoms in total. The molecular formula is C5H6N3O+. The van der Waals surface area contributed by atoms with Crippen molar-refractivity contribution in [3.63, 3.8) is 0 Å². The van der Waals surface area contributed by atoms with Crippen LogP contribution >= 0.6 is 0 Å². The Hall–Kier alpha value is -1.37. The lowest BCUT2D eigenvalue weighted by Crippen LogP contribution is -1.64. The van der Waals surface area contributed by atoms with E-state index in [2.05, 4.69) is 14.7 Å². The first-order chi connectivity index (χ1) is 4.25. The van der Waals surface area contributed by atoms with Crippen molar-refractivity contribution in [1.82, 2.24) is 5.16 Å². The Morgan fingerprint density at radius 1 is 1.56 bits per heavy atom. The van der Waals surface area contributed by atoms with Gasteiger partial charge < -0.3 is 4.52 Å². The van der Waals surface area contributed by atoms with E-state index in [1.54, 1.807) is 13.8 Å². The van der Waals surface area contributed by atoms with Gasteiger partial charge in [-0.1, -0.05) is 5.16 Å². The maximum atomic E-state index is 8.31. The van der Waals surface area contributed by atoms with Crippen LogP contribution in [0.4, 0.5) is 5.69 Å². The van der Waals surface area contributed by atoms with Crippen molar-refractivity contribution in [2.75, 3.05) is 0 Å². The Morgan fingerprint density at radius 2 is 2.22 bits per heavy atom. The molecule has 0 aliphatic rings. The fourth-order valence-corrected chi connectivity index (χ4v) is 0.621. The van der Waals surface area contributed by atoms with Crippen LogP contribution in [0.2, 0.25) is 0 Å². The molecule has 0 unspecified atom stereocenters. The van der Waals surface area contributed by atoms with E-state index < -0.39 is 0 Å². The normalized spacial score (nSPS) is 9.00. The molecule has 9 heavy (non-hydrogen) atoms. The summed E-state index contributed by atoms with van der Waals surface area (Å²) in [6.45, 7) is 3.40. The Bertz CT molecular complexity index is 238. The first-order valence-corrected chi connectivity index (χ1v) is 2.53. The zero-order chi connectivity index (χ0) is 6.85. The third kappa shape index (κ3) is 0.765. The van der Waals surface area contributed by atoms with Crippen LogP contribution in [0, 0.1) is 19.2 Å². The van der Waals surface area contributed by atoms with E-state index in [-0.39, 0.29) is 0 Å². The average molecular weight is 124 g/mol. The molecule has 4 heteroatoms. The highest BCUT2D eigenvalue weighted by Gasteiger charge is 2.19. The van der Waals surface area contributed by atoms with Crippen molar-refractivity contribution in [3.05, 3.63) is 16.4 Å². The van der Waals surface area contributed by atoms with Crippen molar-refractivity contribution in [2.45, 2.75) is 13.8 Å². The molecule has 1 aromatic heterocycles.